The zero-order valence-corrected chi connectivity index (χ0v) is 10.1. The van der Waals surface area contributed by atoms with Gasteiger partial charge in [0.2, 0.25) is 0 Å². The number of hydrogen-bond donors (Lipinski definition) is 2. The summed E-state index contributed by atoms with van der Waals surface area (Å²) in [5, 5.41) is 12.6. The van der Waals surface area contributed by atoms with Gasteiger partial charge in [0.25, 0.3) is 0 Å². The number of aliphatic hydroxyl groups excluding tert-OH is 1. The fourth-order valence-corrected chi connectivity index (χ4v) is 2.20. The maximum Gasteiger partial charge on any atom is 0.141 e. The molecule has 0 aromatic heterocycles. The van der Waals surface area contributed by atoms with Crippen molar-refractivity contribution in [1.29, 1.82) is 0 Å². The van der Waals surface area contributed by atoms with Crippen LogP contribution in [0.25, 0.3) is 0 Å². The van der Waals surface area contributed by atoms with Gasteiger partial charge in [0.1, 0.15) is 5.82 Å². The van der Waals surface area contributed by atoms with Gasteiger partial charge >= 0.3 is 0 Å². The molecule has 0 amide bonds. The molecule has 17 heavy (non-hydrogen) atoms. The molecule has 2 N–H and O–H groups in total. The lowest BCUT2D eigenvalue weighted by molar-refractivity contribution is 0.0115. The molecule has 1 aliphatic heterocycles. The van der Waals surface area contributed by atoms with Crippen molar-refractivity contribution >= 4 is 11.6 Å². The maximum atomic E-state index is 13.1. The van der Waals surface area contributed by atoms with E-state index >= 15 is 0 Å². The zero-order chi connectivity index (χ0) is 12.3. The van der Waals surface area contributed by atoms with Gasteiger partial charge in [0, 0.05) is 25.6 Å². The minimum atomic E-state index is -0.442. The lowest BCUT2D eigenvalue weighted by Crippen LogP contribution is -2.27. The first-order chi connectivity index (χ1) is 8.22. The van der Waals surface area contributed by atoms with Crippen molar-refractivity contribution in [2.75, 3.05) is 26.3 Å². The molecule has 1 aromatic carbocycles. The van der Waals surface area contributed by atoms with E-state index in [-0.39, 0.29) is 23.7 Å². The third kappa shape index (κ3) is 2.96. The van der Waals surface area contributed by atoms with Crippen LogP contribution in [0.3, 0.4) is 0 Å². The van der Waals surface area contributed by atoms with E-state index in [1.165, 1.54) is 6.07 Å². The second-order valence-electron chi connectivity index (χ2n) is 4.11. The molecule has 1 aromatic rings. The second-order valence-corrected chi connectivity index (χ2v) is 4.52. The summed E-state index contributed by atoms with van der Waals surface area (Å²) in [6.45, 7) is 2.01. The lowest BCUT2D eigenvalue weighted by atomic mass is 9.96. The normalized spacial score (nSPS) is 25.6. The smallest absolute Gasteiger partial charge is 0.141 e. The van der Waals surface area contributed by atoms with E-state index in [2.05, 4.69) is 5.32 Å². The van der Waals surface area contributed by atoms with Gasteiger partial charge in [-0.05, 0) is 17.7 Å². The van der Waals surface area contributed by atoms with Crippen molar-refractivity contribution in [3.63, 3.8) is 0 Å². The first kappa shape index (κ1) is 12.8. The van der Waals surface area contributed by atoms with Crippen molar-refractivity contribution < 1.29 is 14.2 Å². The lowest BCUT2D eigenvalue weighted by Gasteiger charge is -2.23. The summed E-state index contributed by atoms with van der Waals surface area (Å²) >= 11 is 5.76. The van der Waals surface area contributed by atoms with Gasteiger partial charge < -0.3 is 15.2 Å². The van der Waals surface area contributed by atoms with Crippen LogP contribution in [0.4, 0.5) is 4.39 Å². The fourth-order valence-electron chi connectivity index (χ4n) is 2.01. The Bertz CT molecular complexity index is 389. The van der Waals surface area contributed by atoms with Crippen LogP contribution in [0.15, 0.2) is 18.2 Å². The molecule has 5 heteroatoms. The molecular formula is C12H15ClFNO2. The van der Waals surface area contributed by atoms with Crippen LogP contribution in [-0.2, 0) is 4.74 Å². The summed E-state index contributed by atoms with van der Waals surface area (Å²) in [6, 6.07) is 4.54. The van der Waals surface area contributed by atoms with Crippen LogP contribution in [0.1, 0.15) is 11.7 Å². The average molecular weight is 260 g/mol. The molecule has 0 radical (unpaired) electrons. The summed E-state index contributed by atoms with van der Waals surface area (Å²) in [5.74, 6) is -0.485. The largest absolute Gasteiger partial charge is 0.396 e. The first-order valence-corrected chi connectivity index (χ1v) is 5.98. The Kier molecular flexibility index (Phi) is 4.34. The van der Waals surface area contributed by atoms with Gasteiger partial charge in [0.15, 0.2) is 0 Å². The van der Waals surface area contributed by atoms with Crippen LogP contribution in [0.2, 0.25) is 5.02 Å². The summed E-state index contributed by atoms with van der Waals surface area (Å²) in [7, 11) is 0. The van der Waals surface area contributed by atoms with Crippen LogP contribution in [-0.4, -0.2) is 31.4 Å². The Morgan fingerprint density at radius 1 is 1.53 bits per heavy atom. The third-order valence-corrected chi connectivity index (χ3v) is 3.21. The molecule has 2 rings (SSSR count). The Morgan fingerprint density at radius 2 is 2.35 bits per heavy atom. The summed E-state index contributed by atoms with van der Waals surface area (Å²) in [6.07, 6.45) is -0.243. The van der Waals surface area contributed by atoms with E-state index in [4.69, 9.17) is 16.3 Å². The Balaban J connectivity index is 2.25. The van der Waals surface area contributed by atoms with E-state index in [1.54, 1.807) is 12.1 Å². The van der Waals surface area contributed by atoms with Crippen molar-refractivity contribution in [1.82, 2.24) is 5.32 Å². The number of benzene rings is 1. The number of rotatable bonds is 2. The third-order valence-electron chi connectivity index (χ3n) is 2.92. The van der Waals surface area contributed by atoms with Crippen LogP contribution < -0.4 is 5.32 Å². The van der Waals surface area contributed by atoms with Crippen molar-refractivity contribution in [2.45, 2.75) is 6.10 Å². The minimum absolute atomic E-state index is 0.0205. The predicted octanol–water partition coefficient (Wildman–Crippen LogP) is 1.75. The molecule has 1 aliphatic rings. The van der Waals surface area contributed by atoms with Gasteiger partial charge in [-0.15, -0.1) is 0 Å². The molecule has 1 saturated heterocycles. The summed E-state index contributed by atoms with van der Waals surface area (Å²) < 4.78 is 18.8. The summed E-state index contributed by atoms with van der Waals surface area (Å²) in [5.41, 5.74) is 0.805. The van der Waals surface area contributed by atoms with Crippen LogP contribution in [0.5, 0.6) is 0 Å². The van der Waals surface area contributed by atoms with E-state index in [1.807, 2.05) is 0 Å². The van der Waals surface area contributed by atoms with E-state index < -0.39 is 5.82 Å². The highest BCUT2D eigenvalue weighted by Crippen LogP contribution is 2.29. The highest BCUT2D eigenvalue weighted by molar-refractivity contribution is 6.30. The fraction of sp³-hybridized carbons (Fsp3) is 0.500. The van der Waals surface area contributed by atoms with Gasteiger partial charge in [-0.2, -0.15) is 0 Å². The zero-order valence-electron chi connectivity index (χ0n) is 9.33. The molecule has 0 saturated carbocycles. The molecule has 94 valence electrons. The Morgan fingerprint density at radius 3 is 3.06 bits per heavy atom. The number of ether oxygens (including phenoxy) is 1. The number of hydrogen-bond acceptors (Lipinski definition) is 3. The number of nitrogens with one attached hydrogen (secondary N) is 1. The van der Waals surface area contributed by atoms with Crippen LogP contribution in [0, 0.1) is 11.7 Å². The first-order valence-electron chi connectivity index (χ1n) is 5.60. The molecule has 2 atom stereocenters. The number of halogens is 2. The Labute approximate surface area is 105 Å². The quantitative estimate of drug-likeness (QED) is 0.850. The monoisotopic (exact) mass is 259 g/mol. The molecule has 1 unspecified atom stereocenters. The number of aliphatic hydroxyl groups is 1. The molecular weight excluding hydrogens is 245 g/mol. The average Bonchev–Trinajstić information content (AvgIpc) is 2.57. The van der Waals surface area contributed by atoms with Gasteiger partial charge in [-0.3, -0.25) is 0 Å². The van der Waals surface area contributed by atoms with E-state index in [9.17, 15) is 9.50 Å². The van der Waals surface area contributed by atoms with Gasteiger partial charge in [-0.1, -0.05) is 17.7 Å². The molecule has 0 spiro atoms. The van der Waals surface area contributed by atoms with Crippen molar-refractivity contribution in [3.05, 3.63) is 34.6 Å². The standard InChI is InChI=1S/C12H15ClFNO2/c13-10-5-8(1-2-11(10)14)12-9(7-16)6-15-3-4-17-12/h1-2,5,9,12,15-16H,3-4,6-7H2/t9-,12?/m1/s1. The SMILES string of the molecule is OC[C@H]1CNCCOC1c1ccc(F)c(Cl)c1. The highest BCUT2D eigenvalue weighted by atomic mass is 35.5. The summed E-state index contributed by atoms with van der Waals surface area (Å²) in [4.78, 5) is 0. The molecule has 1 fully saturated rings. The molecule has 0 bridgehead atoms. The van der Waals surface area contributed by atoms with Gasteiger partial charge in [-0.25, -0.2) is 4.39 Å². The highest BCUT2D eigenvalue weighted by Gasteiger charge is 2.25. The topological polar surface area (TPSA) is 41.5 Å². The molecule has 1 heterocycles. The molecule has 0 aliphatic carbocycles. The predicted molar refractivity (Wildman–Crippen MR) is 63.5 cm³/mol. The van der Waals surface area contributed by atoms with Crippen LogP contribution >= 0.6 is 11.6 Å². The minimum Gasteiger partial charge on any atom is -0.396 e. The van der Waals surface area contributed by atoms with Gasteiger partial charge in [0.05, 0.1) is 17.7 Å². The van der Waals surface area contributed by atoms with E-state index in [0.717, 1.165) is 12.1 Å². The van der Waals surface area contributed by atoms with E-state index in [0.29, 0.717) is 13.2 Å². The maximum absolute atomic E-state index is 13.1. The Hall–Kier alpha value is -0.680. The molecule has 3 nitrogen and oxygen atoms in total. The second kappa shape index (κ2) is 5.78. The van der Waals surface area contributed by atoms with Crippen molar-refractivity contribution in [3.8, 4) is 0 Å². The van der Waals surface area contributed by atoms with Crippen molar-refractivity contribution in [2.24, 2.45) is 5.92 Å².